The molecular formula is C38H46F2N10O7. The Morgan fingerprint density at radius 2 is 1.35 bits per heavy atom. The number of fused-ring (bicyclic) bond motifs is 2. The van der Waals surface area contributed by atoms with Gasteiger partial charge in [-0.15, -0.1) is 0 Å². The van der Waals surface area contributed by atoms with Gasteiger partial charge in [0.2, 0.25) is 6.20 Å². The maximum atomic E-state index is 13.7. The Hall–Kier alpha value is -6.50. The predicted octanol–water partition coefficient (Wildman–Crippen LogP) is 5.64. The molecule has 6 heterocycles. The molecule has 0 bridgehead atoms. The minimum absolute atomic E-state index is 0.159. The molecule has 0 fully saturated rings. The van der Waals surface area contributed by atoms with Gasteiger partial charge in [0.1, 0.15) is 22.8 Å². The van der Waals surface area contributed by atoms with Crippen molar-refractivity contribution in [3.05, 3.63) is 107 Å². The SMILES string of the molecule is CC(C)(C)OC(=O)NCCc1nc2c(NCc3ncccc3F)nccc2o1.CC(C)(C)OC(=O)NCCc1nc2c[n+]([O-])ccc2o1.NCc1ncccc1F. The van der Waals surface area contributed by atoms with E-state index in [1.165, 1.54) is 49.1 Å². The molecule has 0 saturated heterocycles. The monoisotopic (exact) mass is 792 g/mol. The van der Waals surface area contributed by atoms with Crippen LogP contribution in [0.5, 0.6) is 0 Å². The van der Waals surface area contributed by atoms with Gasteiger partial charge in [0, 0.05) is 63.2 Å². The fraction of sp³-hybridized carbons (Fsp3) is 0.368. The summed E-state index contributed by atoms with van der Waals surface area (Å²) in [4.78, 5) is 43.6. The number of nitrogens with two attached hydrogens (primary N) is 1. The Kier molecular flexibility index (Phi) is 15.1. The smallest absolute Gasteiger partial charge is 0.407 e. The standard InChI is InChI=1S/C19H22FN5O3.C13H17N3O4.C6H7FN2/c1-19(2,3)28-18(26)23-10-7-15-25-16-14(27-15)6-9-22-17(16)24-11-13-12(20)5-4-8-21-13;1-13(2,3)20-12(17)14-6-4-11-15-9-8-16(18)7-5-10(9)19-11;7-5-2-1-3-9-6(5)4-8/h4-6,8-9H,7,10-11H2,1-3H3,(H,22,24)(H,23,26);5,7-8H,4,6H2,1-3H3,(H,14,17);1-3H,4,8H2. The number of oxazole rings is 2. The van der Waals surface area contributed by atoms with Gasteiger partial charge >= 0.3 is 12.2 Å². The van der Waals surface area contributed by atoms with Gasteiger partial charge in [-0.1, -0.05) is 0 Å². The number of hydrogen-bond acceptors (Lipinski definition) is 14. The van der Waals surface area contributed by atoms with E-state index >= 15 is 0 Å². The van der Waals surface area contributed by atoms with Crippen molar-refractivity contribution in [2.75, 3.05) is 18.4 Å². The molecule has 0 saturated carbocycles. The average molecular weight is 793 g/mol. The molecule has 17 nitrogen and oxygen atoms in total. The van der Waals surface area contributed by atoms with Crippen molar-refractivity contribution in [3.63, 3.8) is 0 Å². The number of nitrogens with zero attached hydrogens (tertiary/aromatic N) is 6. The van der Waals surface area contributed by atoms with E-state index in [0.717, 1.165) is 0 Å². The summed E-state index contributed by atoms with van der Waals surface area (Å²) < 4.78 is 48.3. The lowest BCUT2D eigenvalue weighted by Crippen LogP contribution is -2.33. The van der Waals surface area contributed by atoms with Crippen LogP contribution in [0.2, 0.25) is 0 Å². The van der Waals surface area contributed by atoms with E-state index in [1.54, 1.807) is 59.9 Å². The molecule has 0 spiro atoms. The van der Waals surface area contributed by atoms with E-state index in [2.05, 4.69) is 40.9 Å². The summed E-state index contributed by atoms with van der Waals surface area (Å²) in [5.41, 5.74) is 6.79. The molecule has 0 aliphatic carbocycles. The maximum Gasteiger partial charge on any atom is 0.407 e. The fourth-order valence-electron chi connectivity index (χ4n) is 4.61. The van der Waals surface area contributed by atoms with E-state index in [1.807, 2.05) is 0 Å². The molecule has 0 aliphatic rings. The second kappa shape index (κ2) is 19.9. The lowest BCUT2D eigenvalue weighted by atomic mass is 10.2. The molecule has 0 aromatic carbocycles. The second-order valence-electron chi connectivity index (χ2n) is 14.1. The Morgan fingerprint density at radius 3 is 1.89 bits per heavy atom. The third-order valence-corrected chi connectivity index (χ3v) is 7.00. The normalized spacial score (nSPS) is 11.2. The van der Waals surface area contributed by atoms with Crippen LogP contribution in [0.3, 0.4) is 0 Å². The van der Waals surface area contributed by atoms with E-state index in [9.17, 15) is 23.6 Å². The van der Waals surface area contributed by atoms with E-state index in [4.69, 9.17) is 24.0 Å². The Bertz CT molecular complexity index is 2240. The number of amides is 2. The molecule has 304 valence electrons. The summed E-state index contributed by atoms with van der Waals surface area (Å²) in [7, 11) is 0. The first-order chi connectivity index (χ1) is 27.0. The molecule has 0 aliphatic heterocycles. The van der Waals surface area contributed by atoms with Crippen LogP contribution in [-0.4, -0.2) is 61.4 Å². The number of rotatable bonds is 10. The van der Waals surface area contributed by atoms with Crippen molar-refractivity contribution in [1.29, 1.82) is 0 Å². The number of anilines is 1. The van der Waals surface area contributed by atoms with Gasteiger partial charge in [-0.05, 0) is 65.8 Å². The first kappa shape index (κ1) is 43.2. The first-order valence-corrected chi connectivity index (χ1v) is 17.8. The Balaban J connectivity index is 0.000000215. The summed E-state index contributed by atoms with van der Waals surface area (Å²) in [6, 6.07) is 9.01. The van der Waals surface area contributed by atoms with Crippen LogP contribution in [0.15, 0.2) is 76.2 Å². The molecule has 0 radical (unpaired) electrons. The highest BCUT2D eigenvalue weighted by Crippen LogP contribution is 2.22. The number of pyridine rings is 4. The lowest BCUT2D eigenvalue weighted by Gasteiger charge is -2.19. The highest BCUT2D eigenvalue weighted by atomic mass is 19.1. The third kappa shape index (κ3) is 14.6. The van der Waals surface area contributed by atoms with Crippen LogP contribution in [0, 0.1) is 16.8 Å². The molecule has 19 heteroatoms. The summed E-state index contributed by atoms with van der Waals surface area (Å²) in [5.74, 6) is 0.655. The van der Waals surface area contributed by atoms with Crippen molar-refractivity contribution >= 4 is 40.2 Å². The zero-order chi connectivity index (χ0) is 41.6. The van der Waals surface area contributed by atoms with Gasteiger partial charge in [0.15, 0.2) is 46.0 Å². The van der Waals surface area contributed by atoms with Gasteiger partial charge in [0.25, 0.3) is 0 Å². The molecule has 0 atom stereocenters. The summed E-state index contributed by atoms with van der Waals surface area (Å²) in [5, 5.41) is 19.4. The number of aromatic nitrogens is 6. The van der Waals surface area contributed by atoms with E-state index < -0.39 is 29.2 Å². The van der Waals surface area contributed by atoms with Crippen LogP contribution in [0.25, 0.3) is 22.2 Å². The number of nitrogens with one attached hydrogen (secondary N) is 3. The second-order valence-corrected chi connectivity index (χ2v) is 14.1. The van der Waals surface area contributed by atoms with Crippen LogP contribution < -0.4 is 26.4 Å². The van der Waals surface area contributed by atoms with Crippen molar-refractivity contribution in [2.45, 2.75) is 78.7 Å². The van der Waals surface area contributed by atoms with Crippen LogP contribution >= 0.6 is 0 Å². The zero-order valence-corrected chi connectivity index (χ0v) is 32.5. The summed E-state index contributed by atoms with van der Waals surface area (Å²) in [6.07, 6.45) is 7.14. The van der Waals surface area contributed by atoms with Crippen molar-refractivity contribution in [2.24, 2.45) is 5.73 Å². The number of carbonyl (C=O) groups excluding carboxylic acids is 2. The lowest BCUT2D eigenvalue weighted by molar-refractivity contribution is -0.604. The summed E-state index contributed by atoms with van der Waals surface area (Å²) >= 11 is 0. The number of alkyl carbamates (subject to hydrolysis) is 2. The van der Waals surface area contributed by atoms with Gasteiger partial charge in [-0.2, -0.15) is 4.73 Å². The van der Waals surface area contributed by atoms with Crippen LogP contribution in [-0.2, 0) is 35.4 Å². The van der Waals surface area contributed by atoms with E-state index in [0.29, 0.717) is 76.2 Å². The first-order valence-electron chi connectivity index (χ1n) is 17.8. The highest BCUT2D eigenvalue weighted by molar-refractivity contribution is 5.84. The molecule has 0 unspecified atom stereocenters. The average Bonchev–Trinajstić information content (AvgIpc) is 3.74. The molecule has 6 aromatic heterocycles. The number of halogens is 2. The quantitative estimate of drug-likeness (QED) is 0.0971. The minimum Gasteiger partial charge on any atom is -0.619 e. The number of ether oxygens (including phenoxy) is 2. The van der Waals surface area contributed by atoms with Crippen molar-refractivity contribution < 1.29 is 41.4 Å². The van der Waals surface area contributed by atoms with Crippen molar-refractivity contribution in [3.8, 4) is 0 Å². The molecule has 6 aromatic rings. The van der Waals surface area contributed by atoms with Gasteiger partial charge in [0.05, 0.1) is 17.9 Å². The molecular weight excluding hydrogens is 746 g/mol. The molecule has 2 amide bonds. The number of hydrogen-bond donors (Lipinski definition) is 4. The van der Waals surface area contributed by atoms with Gasteiger partial charge < -0.3 is 45.2 Å². The largest absolute Gasteiger partial charge is 0.619 e. The Morgan fingerprint density at radius 1 is 0.789 bits per heavy atom. The maximum absolute atomic E-state index is 13.7. The minimum atomic E-state index is -0.555. The number of carbonyl (C=O) groups is 2. The topological polar surface area (TPSA) is 232 Å². The predicted molar refractivity (Wildman–Crippen MR) is 204 cm³/mol. The van der Waals surface area contributed by atoms with Crippen LogP contribution in [0.1, 0.15) is 64.7 Å². The summed E-state index contributed by atoms with van der Waals surface area (Å²) in [6.45, 7) is 11.8. The fourth-order valence-corrected chi connectivity index (χ4v) is 4.61. The van der Waals surface area contributed by atoms with Gasteiger partial charge in [-0.25, -0.2) is 33.3 Å². The molecule has 6 rings (SSSR count). The highest BCUT2D eigenvalue weighted by Gasteiger charge is 2.18. The molecule has 5 N–H and O–H groups in total. The van der Waals surface area contributed by atoms with Crippen molar-refractivity contribution in [1.82, 2.24) is 35.6 Å². The van der Waals surface area contributed by atoms with Crippen LogP contribution in [0.4, 0.5) is 24.2 Å². The zero-order valence-electron chi connectivity index (χ0n) is 32.5. The Labute approximate surface area is 327 Å². The molecule has 57 heavy (non-hydrogen) atoms. The third-order valence-electron chi connectivity index (χ3n) is 7.00. The van der Waals surface area contributed by atoms with Gasteiger partial charge in [-0.3, -0.25) is 9.97 Å². The van der Waals surface area contributed by atoms with E-state index in [-0.39, 0.29) is 24.6 Å².